The Kier molecular flexibility index (Phi) is 5.83. The fourth-order valence-corrected chi connectivity index (χ4v) is 3.00. The number of halogens is 1. The van der Waals surface area contributed by atoms with Crippen LogP contribution in [0.15, 0.2) is 48.8 Å². The van der Waals surface area contributed by atoms with Crippen molar-refractivity contribution < 1.29 is 9.53 Å². The van der Waals surface area contributed by atoms with Crippen molar-refractivity contribution in [1.29, 1.82) is 0 Å². The van der Waals surface area contributed by atoms with Crippen LogP contribution in [0.3, 0.4) is 0 Å². The minimum Gasteiger partial charge on any atom is -0.381 e. The van der Waals surface area contributed by atoms with Crippen molar-refractivity contribution in [3.8, 4) is 0 Å². The molecule has 2 heterocycles. The molecule has 0 radical (unpaired) electrons. The summed E-state index contributed by atoms with van der Waals surface area (Å²) in [6, 6.07) is 11.7. The molecule has 0 bridgehead atoms. The Hall–Kier alpha value is -1.91. The van der Waals surface area contributed by atoms with Gasteiger partial charge in [0, 0.05) is 37.1 Å². The van der Waals surface area contributed by atoms with Crippen LogP contribution in [0.25, 0.3) is 0 Å². The van der Waals surface area contributed by atoms with Crippen molar-refractivity contribution in [2.75, 3.05) is 19.8 Å². The molecule has 1 aliphatic rings. The van der Waals surface area contributed by atoms with Crippen LogP contribution in [0, 0.1) is 5.92 Å². The fourth-order valence-electron chi connectivity index (χ4n) is 2.88. The minimum absolute atomic E-state index is 0.0166. The van der Waals surface area contributed by atoms with E-state index in [9.17, 15) is 4.79 Å². The summed E-state index contributed by atoms with van der Waals surface area (Å²) < 4.78 is 5.38. The molecule has 1 saturated heterocycles. The summed E-state index contributed by atoms with van der Waals surface area (Å²) in [5, 5.41) is 0.728. The maximum Gasteiger partial charge on any atom is 0.228 e. The van der Waals surface area contributed by atoms with Gasteiger partial charge >= 0.3 is 0 Å². The molecular formula is C19H21ClN2O2. The van der Waals surface area contributed by atoms with Gasteiger partial charge in [0.15, 0.2) is 0 Å². The Morgan fingerprint density at radius 3 is 2.58 bits per heavy atom. The number of rotatable bonds is 6. The maximum absolute atomic E-state index is 12.8. The Balaban J connectivity index is 1.68. The summed E-state index contributed by atoms with van der Waals surface area (Å²) in [4.78, 5) is 18.8. The minimum atomic E-state index is -0.0166. The van der Waals surface area contributed by atoms with E-state index in [0.717, 1.165) is 23.4 Å². The molecule has 0 spiro atoms. The van der Waals surface area contributed by atoms with Gasteiger partial charge in [0.05, 0.1) is 12.5 Å². The van der Waals surface area contributed by atoms with E-state index in [-0.39, 0.29) is 11.8 Å². The third-order valence-electron chi connectivity index (χ3n) is 4.30. The number of nitrogens with zero attached hydrogens (tertiary/aromatic N) is 2. The lowest BCUT2D eigenvalue weighted by Crippen LogP contribution is -2.37. The van der Waals surface area contributed by atoms with E-state index in [2.05, 4.69) is 4.98 Å². The van der Waals surface area contributed by atoms with Gasteiger partial charge in [-0.1, -0.05) is 23.7 Å². The second-order valence-corrected chi connectivity index (χ2v) is 6.49. The lowest BCUT2D eigenvalue weighted by atomic mass is 10.1. The van der Waals surface area contributed by atoms with Gasteiger partial charge in [0.25, 0.3) is 0 Å². The first-order valence-corrected chi connectivity index (χ1v) is 8.60. The number of carbonyl (C=O) groups is 1. The predicted molar refractivity (Wildman–Crippen MR) is 93.7 cm³/mol. The molecule has 5 heteroatoms. The molecule has 1 amide bonds. The Morgan fingerprint density at radius 2 is 1.92 bits per heavy atom. The van der Waals surface area contributed by atoms with Crippen LogP contribution in [-0.2, 0) is 22.5 Å². The van der Waals surface area contributed by atoms with Gasteiger partial charge in [-0.2, -0.15) is 0 Å². The summed E-state index contributed by atoms with van der Waals surface area (Å²) >= 11 is 5.93. The zero-order valence-electron chi connectivity index (χ0n) is 13.5. The number of hydrogen-bond donors (Lipinski definition) is 0. The van der Waals surface area contributed by atoms with E-state index >= 15 is 0 Å². The van der Waals surface area contributed by atoms with Gasteiger partial charge in [-0.25, -0.2) is 0 Å². The van der Waals surface area contributed by atoms with Gasteiger partial charge in [-0.15, -0.1) is 0 Å². The third-order valence-corrected chi connectivity index (χ3v) is 4.55. The van der Waals surface area contributed by atoms with E-state index in [1.54, 1.807) is 12.4 Å². The largest absolute Gasteiger partial charge is 0.381 e. The number of aromatic nitrogens is 1. The Morgan fingerprint density at radius 1 is 1.17 bits per heavy atom. The summed E-state index contributed by atoms with van der Waals surface area (Å²) in [7, 11) is 0. The van der Waals surface area contributed by atoms with Gasteiger partial charge < -0.3 is 9.64 Å². The standard InChI is InChI=1S/C19H21ClN2O2/c20-18-3-1-15(2-4-18)7-11-22(13-16-5-9-21-10-6-16)19(23)17-8-12-24-14-17/h1-6,9-10,17H,7-8,11-14H2/t17-/m1/s1. The first-order chi connectivity index (χ1) is 11.7. The summed E-state index contributed by atoms with van der Waals surface area (Å²) in [6.45, 7) is 2.49. The molecule has 3 rings (SSSR count). The van der Waals surface area contributed by atoms with E-state index in [0.29, 0.717) is 26.3 Å². The van der Waals surface area contributed by atoms with Crippen LogP contribution in [0.2, 0.25) is 5.02 Å². The summed E-state index contributed by atoms with van der Waals surface area (Å²) in [5.74, 6) is 0.162. The molecule has 1 aromatic carbocycles. The van der Waals surface area contributed by atoms with E-state index < -0.39 is 0 Å². The number of amides is 1. The van der Waals surface area contributed by atoms with E-state index in [1.807, 2.05) is 41.3 Å². The van der Waals surface area contributed by atoms with Crippen molar-refractivity contribution in [2.24, 2.45) is 5.92 Å². The highest BCUT2D eigenvalue weighted by molar-refractivity contribution is 6.30. The molecule has 1 aliphatic heterocycles. The third kappa shape index (κ3) is 4.56. The van der Waals surface area contributed by atoms with Crippen LogP contribution in [0.4, 0.5) is 0 Å². The van der Waals surface area contributed by atoms with Crippen LogP contribution < -0.4 is 0 Å². The quantitative estimate of drug-likeness (QED) is 0.807. The molecule has 24 heavy (non-hydrogen) atoms. The molecule has 0 saturated carbocycles. The normalized spacial score (nSPS) is 17.0. The number of carbonyl (C=O) groups excluding carboxylic acids is 1. The number of benzene rings is 1. The first kappa shape index (κ1) is 16.9. The van der Waals surface area contributed by atoms with E-state index in [4.69, 9.17) is 16.3 Å². The van der Waals surface area contributed by atoms with Gasteiger partial charge in [0.1, 0.15) is 0 Å². The van der Waals surface area contributed by atoms with Crippen molar-refractivity contribution in [1.82, 2.24) is 9.88 Å². The smallest absolute Gasteiger partial charge is 0.228 e. The van der Waals surface area contributed by atoms with Crippen molar-refractivity contribution in [3.05, 3.63) is 64.9 Å². The molecule has 2 aromatic rings. The van der Waals surface area contributed by atoms with Crippen molar-refractivity contribution >= 4 is 17.5 Å². The predicted octanol–water partition coefficient (Wildman–Crippen LogP) is 3.34. The van der Waals surface area contributed by atoms with Crippen LogP contribution in [0.1, 0.15) is 17.5 Å². The lowest BCUT2D eigenvalue weighted by molar-refractivity contribution is -0.136. The highest BCUT2D eigenvalue weighted by Gasteiger charge is 2.27. The molecule has 4 nitrogen and oxygen atoms in total. The van der Waals surface area contributed by atoms with Crippen LogP contribution in [-0.4, -0.2) is 35.5 Å². The molecule has 0 N–H and O–H groups in total. The first-order valence-electron chi connectivity index (χ1n) is 8.22. The van der Waals surface area contributed by atoms with Crippen LogP contribution >= 0.6 is 11.6 Å². The topological polar surface area (TPSA) is 42.4 Å². The van der Waals surface area contributed by atoms with Crippen molar-refractivity contribution in [2.45, 2.75) is 19.4 Å². The second-order valence-electron chi connectivity index (χ2n) is 6.05. The van der Waals surface area contributed by atoms with Gasteiger partial charge in [0.2, 0.25) is 5.91 Å². The van der Waals surface area contributed by atoms with Gasteiger partial charge in [-0.3, -0.25) is 9.78 Å². The number of hydrogen-bond acceptors (Lipinski definition) is 3. The zero-order valence-corrected chi connectivity index (χ0v) is 14.3. The molecule has 126 valence electrons. The monoisotopic (exact) mass is 344 g/mol. The zero-order chi connectivity index (χ0) is 16.8. The molecule has 0 aliphatic carbocycles. The summed E-state index contributed by atoms with van der Waals surface area (Å²) in [5.41, 5.74) is 2.27. The average molecular weight is 345 g/mol. The second kappa shape index (κ2) is 8.27. The number of ether oxygens (including phenoxy) is 1. The van der Waals surface area contributed by atoms with E-state index in [1.165, 1.54) is 5.56 Å². The van der Waals surface area contributed by atoms with Crippen molar-refractivity contribution in [3.63, 3.8) is 0 Å². The molecular weight excluding hydrogens is 324 g/mol. The number of pyridine rings is 1. The molecule has 1 fully saturated rings. The Bertz CT molecular complexity index is 655. The average Bonchev–Trinajstić information content (AvgIpc) is 3.15. The highest BCUT2D eigenvalue weighted by atomic mass is 35.5. The maximum atomic E-state index is 12.8. The molecule has 1 atom stereocenters. The highest BCUT2D eigenvalue weighted by Crippen LogP contribution is 2.18. The lowest BCUT2D eigenvalue weighted by Gasteiger charge is -2.25. The molecule has 1 aromatic heterocycles. The fraction of sp³-hybridized carbons (Fsp3) is 0.368. The molecule has 0 unspecified atom stereocenters. The Labute approximate surface area is 147 Å². The van der Waals surface area contributed by atoms with Gasteiger partial charge in [-0.05, 0) is 48.2 Å². The summed E-state index contributed by atoms with van der Waals surface area (Å²) in [6.07, 6.45) is 5.14. The van der Waals surface area contributed by atoms with Crippen LogP contribution in [0.5, 0.6) is 0 Å². The SMILES string of the molecule is O=C([C@@H]1CCOC1)N(CCc1ccc(Cl)cc1)Cc1ccncc1.